The Morgan fingerprint density at radius 2 is 2.00 bits per heavy atom. The maximum absolute atomic E-state index is 10.7. The van der Waals surface area contributed by atoms with Crippen molar-refractivity contribution in [3.8, 4) is 5.75 Å². The molecule has 0 saturated heterocycles. The number of hydrogen-bond acceptors (Lipinski definition) is 5. The molecule has 82 valence electrons. The van der Waals surface area contributed by atoms with Gasteiger partial charge in [0.05, 0.1) is 12.5 Å². The average molecular weight is 211 g/mol. The van der Waals surface area contributed by atoms with Gasteiger partial charge >= 0.3 is 5.97 Å². The highest BCUT2D eigenvalue weighted by Gasteiger charge is 2.11. The minimum atomic E-state index is -0.828. The molecule has 5 nitrogen and oxygen atoms in total. The van der Waals surface area contributed by atoms with Crippen molar-refractivity contribution in [1.82, 2.24) is 0 Å². The van der Waals surface area contributed by atoms with E-state index in [2.05, 4.69) is 10.7 Å². The Morgan fingerprint density at radius 1 is 1.40 bits per heavy atom. The summed E-state index contributed by atoms with van der Waals surface area (Å²) in [6.07, 6.45) is -0.655. The van der Waals surface area contributed by atoms with Crippen LogP contribution in [-0.4, -0.2) is 22.3 Å². The Balaban J connectivity index is 2.47. The molecule has 0 amide bonds. The summed E-state index contributed by atoms with van der Waals surface area (Å²) in [6, 6.07) is 6.38. The number of hydrogen-bond donors (Lipinski definition) is 3. The minimum absolute atomic E-state index is 0.141. The maximum atomic E-state index is 10.7. The first kappa shape index (κ1) is 11.5. The van der Waals surface area contributed by atoms with Crippen LogP contribution in [0.1, 0.15) is 12.0 Å². The molecule has 1 unspecified atom stereocenters. The first-order valence-corrected chi connectivity index (χ1v) is 4.47. The molecule has 0 radical (unpaired) electrons. The SMILES string of the molecule is NOC(=O)CC(O)Cc1ccc(O)cc1. The summed E-state index contributed by atoms with van der Waals surface area (Å²) in [4.78, 5) is 14.7. The number of aliphatic hydroxyl groups is 1. The fourth-order valence-corrected chi connectivity index (χ4v) is 1.22. The van der Waals surface area contributed by atoms with Gasteiger partial charge in [-0.3, -0.25) is 4.79 Å². The van der Waals surface area contributed by atoms with Gasteiger partial charge in [0, 0.05) is 0 Å². The Labute approximate surface area is 87.0 Å². The number of phenols is 1. The van der Waals surface area contributed by atoms with Crippen molar-refractivity contribution < 1.29 is 19.8 Å². The molecule has 0 saturated carbocycles. The predicted molar refractivity (Wildman–Crippen MR) is 52.7 cm³/mol. The fourth-order valence-electron chi connectivity index (χ4n) is 1.22. The number of nitrogens with two attached hydrogens (primary N) is 1. The lowest BCUT2D eigenvalue weighted by atomic mass is 10.1. The highest BCUT2D eigenvalue weighted by molar-refractivity contribution is 5.69. The lowest BCUT2D eigenvalue weighted by molar-refractivity contribution is -0.146. The van der Waals surface area contributed by atoms with Crippen LogP contribution in [0.5, 0.6) is 5.75 Å². The van der Waals surface area contributed by atoms with E-state index in [4.69, 9.17) is 5.11 Å². The second kappa shape index (κ2) is 5.33. The van der Waals surface area contributed by atoms with Crippen LogP contribution in [-0.2, 0) is 16.1 Å². The van der Waals surface area contributed by atoms with Crippen molar-refractivity contribution in [2.24, 2.45) is 5.90 Å². The minimum Gasteiger partial charge on any atom is -0.508 e. The Morgan fingerprint density at radius 3 is 2.53 bits per heavy atom. The number of carbonyl (C=O) groups excluding carboxylic acids is 1. The van der Waals surface area contributed by atoms with Crippen molar-refractivity contribution in [1.29, 1.82) is 0 Å². The van der Waals surface area contributed by atoms with Gasteiger partial charge in [0.25, 0.3) is 0 Å². The molecule has 0 bridgehead atoms. The van der Waals surface area contributed by atoms with E-state index in [1.165, 1.54) is 12.1 Å². The molecular weight excluding hydrogens is 198 g/mol. The van der Waals surface area contributed by atoms with Gasteiger partial charge in [-0.25, -0.2) is 0 Å². The summed E-state index contributed by atoms with van der Waals surface area (Å²) in [5.74, 6) is 4.15. The van der Waals surface area contributed by atoms with Crippen molar-refractivity contribution >= 4 is 5.97 Å². The summed E-state index contributed by atoms with van der Waals surface area (Å²) in [6.45, 7) is 0. The zero-order chi connectivity index (χ0) is 11.3. The molecule has 1 rings (SSSR count). The third kappa shape index (κ3) is 3.97. The molecule has 1 aromatic carbocycles. The van der Waals surface area contributed by atoms with Crippen molar-refractivity contribution in [2.45, 2.75) is 18.9 Å². The van der Waals surface area contributed by atoms with Crippen molar-refractivity contribution in [3.05, 3.63) is 29.8 Å². The fraction of sp³-hybridized carbons (Fsp3) is 0.300. The quantitative estimate of drug-likeness (QED) is 0.614. The largest absolute Gasteiger partial charge is 0.508 e. The summed E-state index contributed by atoms with van der Waals surface area (Å²) < 4.78 is 0. The van der Waals surface area contributed by atoms with Gasteiger partial charge in [-0.1, -0.05) is 12.1 Å². The third-order valence-corrected chi connectivity index (χ3v) is 1.94. The Hall–Kier alpha value is -1.59. The van der Waals surface area contributed by atoms with Gasteiger partial charge in [0.1, 0.15) is 5.75 Å². The molecule has 0 aliphatic heterocycles. The first-order valence-electron chi connectivity index (χ1n) is 4.47. The zero-order valence-electron chi connectivity index (χ0n) is 8.09. The number of aromatic hydroxyl groups is 1. The van der Waals surface area contributed by atoms with E-state index in [1.54, 1.807) is 12.1 Å². The standard InChI is InChI=1S/C10H13NO4/c11-15-10(14)6-9(13)5-7-1-3-8(12)4-2-7/h1-4,9,12-13H,5-6,11H2. The number of rotatable bonds is 4. The molecule has 0 aromatic heterocycles. The Kier molecular flexibility index (Phi) is 4.08. The van der Waals surface area contributed by atoms with E-state index in [0.29, 0.717) is 6.42 Å². The van der Waals surface area contributed by atoms with Crippen LogP contribution in [0, 0.1) is 0 Å². The lowest BCUT2D eigenvalue weighted by Gasteiger charge is -2.08. The van der Waals surface area contributed by atoms with E-state index in [0.717, 1.165) is 5.56 Å². The van der Waals surface area contributed by atoms with Crippen LogP contribution in [0.2, 0.25) is 0 Å². The van der Waals surface area contributed by atoms with Gasteiger partial charge < -0.3 is 15.1 Å². The Bertz CT molecular complexity index is 323. The molecule has 1 atom stereocenters. The normalized spacial score (nSPS) is 12.1. The molecule has 15 heavy (non-hydrogen) atoms. The van der Waals surface area contributed by atoms with E-state index in [1.807, 2.05) is 0 Å². The molecule has 0 aliphatic rings. The van der Waals surface area contributed by atoms with Gasteiger partial charge in [0.2, 0.25) is 0 Å². The molecule has 4 N–H and O–H groups in total. The third-order valence-electron chi connectivity index (χ3n) is 1.94. The van der Waals surface area contributed by atoms with E-state index in [-0.39, 0.29) is 12.2 Å². The average Bonchev–Trinajstić information content (AvgIpc) is 2.21. The highest BCUT2D eigenvalue weighted by Crippen LogP contribution is 2.12. The lowest BCUT2D eigenvalue weighted by Crippen LogP contribution is -2.20. The summed E-state index contributed by atoms with van der Waals surface area (Å²) in [5, 5.41) is 18.5. The molecule has 0 spiro atoms. The van der Waals surface area contributed by atoms with Crippen molar-refractivity contribution in [3.63, 3.8) is 0 Å². The van der Waals surface area contributed by atoms with E-state index < -0.39 is 12.1 Å². The van der Waals surface area contributed by atoms with Crippen LogP contribution in [0.3, 0.4) is 0 Å². The van der Waals surface area contributed by atoms with Gasteiger partial charge in [-0.15, -0.1) is 0 Å². The summed E-state index contributed by atoms with van der Waals surface area (Å²) >= 11 is 0. The zero-order valence-corrected chi connectivity index (χ0v) is 8.09. The first-order chi connectivity index (χ1) is 7.11. The van der Waals surface area contributed by atoms with Crippen LogP contribution in [0.15, 0.2) is 24.3 Å². The molecule has 0 heterocycles. The van der Waals surface area contributed by atoms with Crippen LogP contribution >= 0.6 is 0 Å². The maximum Gasteiger partial charge on any atom is 0.327 e. The smallest absolute Gasteiger partial charge is 0.327 e. The summed E-state index contributed by atoms with van der Waals surface area (Å²) in [5.41, 5.74) is 0.824. The molecule has 5 heteroatoms. The number of benzene rings is 1. The van der Waals surface area contributed by atoms with E-state index >= 15 is 0 Å². The topological polar surface area (TPSA) is 92.8 Å². The van der Waals surface area contributed by atoms with Crippen LogP contribution < -0.4 is 5.90 Å². The predicted octanol–water partition coefficient (Wildman–Crippen LogP) is 0.103. The molecule has 0 fully saturated rings. The number of phenolic OH excluding ortho intramolecular Hbond substituents is 1. The van der Waals surface area contributed by atoms with Crippen LogP contribution in [0.4, 0.5) is 0 Å². The van der Waals surface area contributed by atoms with Crippen LogP contribution in [0.25, 0.3) is 0 Å². The number of carbonyl (C=O) groups is 1. The van der Waals surface area contributed by atoms with E-state index in [9.17, 15) is 9.90 Å². The van der Waals surface area contributed by atoms with Gasteiger partial charge in [0.15, 0.2) is 0 Å². The van der Waals surface area contributed by atoms with Gasteiger partial charge in [-0.05, 0) is 24.1 Å². The second-order valence-electron chi connectivity index (χ2n) is 3.22. The summed E-state index contributed by atoms with van der Waals surface area (Å²) in [7, 11) is 0. The second-order valence-corrected chi connectivity index (χ2v) is 3.22. The van der Waals surface area contributed by atoms with Crippen molar-refractivity contribution in [2.75, 3.05) is 0 Å². The molecule has 0 aliphatic carbocycles. The van der Waals surface area contributed by atoms with Gasteiger partial charge in [-0.2, -0.15) is 5.90 Å². The monoisotopic (exact) mass is 211 g/mol. The highest BCUT2D eigenvalue weighted by atomic mass is 16.7. The molecule has 1 aromatic rings. The number of aliphatic hydroxyl groups excluding tert-OH is 1. The molecular formula is C10H13NO4.